The smallest absolute Gasteiger partial charge is 0.280 e. The molecule has 0 aromatic heterocycles. The molecule has 0 aliphatic rings. The minimum atomic E-state index is 0.0417. The van der Waals surface area contributed by atoms with E-state index in [4.69, 9.17) is 0 Å². The van der Waals surface area contributed by atoms with Gasteiger partial charge in [-0.3, -0.25) is 25.8 Å². The van der Waals surface area contributed by atoms with Crippen LogP contribution in [0, 0.1) is 6.07 Å². The van der Waals surface area contributed by atoms with Crippen LogP contribution in [0.5, 0.6) is 0 Å². The van der Waals surface area contributed by atoms with E-state index in [1.165, 1.54) is 5.56 Å². The second kappa shape index (κ2) is 9.04. The van der Waals surface area contributed by atoms with Crippen molar-refractivity contribution in [2.45, 2.75) is 13.3 Å². The monoisotopic (exact) mass is 287 g/mol. The highest BCUT2D eigenvalue weighted by Gasteiger charge is 1.80. The lowest BCUT2D eigenvalue weighted by Gasteiger charge is -1.89. The van der Waals surface area contributed by atoms with Crippen molar-refractivity contribution < 1.29 is 0 Å². The molecule has 0 N–H and O–H groups in total. The number of hydrogen-bond donors (Lipinski definition) is 0. The van der Waals surface area contributed by atoms with Gasteiger partial charge in [0.25, 0.3) is 0 Å². The van der Waals surface area contributed by atoms with Crippen LogP contribution < -0.4 is 0 Å². The Kier molecular flexibility index (Phi) is 9.82. The fourth-order valence-corrected chi connectivity index (χ4v) is 0.650. The summed E-state index contributed by atoms with van der Waals surface area (Å²) in [4.78, 5) is 0. The summed E-state index contributed by atoms with van der Waals surface area (Å²) in [7, 11) is 0. The van der Waals surface area contributed by atoms with Gasteiger partial charge in [-0.2, -0.15) is 0 Å². The van der Waals surface area contributed by atoms with Gasteiger partial charge in [-0.1, -0.05) is 31.2 Å². The Balaban J connectivity index is 0.000000292. The lowest BCUT2D eigenvalue weighted by Crippen LogP contribution is -1.74. The van der Waals surface area contributed by atoms with E-state index in [-0.39, 0.29) is 16.0 Å². The molecule has 11 heavy (non-hydrogen) atoms. The average molecular weight is 289 g/mol. The lowest BCUT2D eigenvalue weighted by atomic mass is 10.2. The van der Waals surface area contributed by atoms with Crippen molar-refractivity contribution in [1.82, 2.24) is 0 Å². The van der Waals surface area contributed by atoms with E-state index in [1.807, 2.05) is 18.2 Å². The molecule has 1 rings (SSSR count). The van der Waals surface area contributed by atoms with Gasteiger partial charge in [0.15, 0.2) is 0 Å². The maximum Gasteiger partial charge on any atom is 0.560 e. The van der Waals surface area contributed by atoms with Crippen LogP contribution in [0.15, 0.2) is 24.3 Å². The van der Waals surface area contributed by atoms with Crippen LogP contribution in [0.25, 0.3) is 0 Å². The molecule has 1 aromatic carbocycles. The van der Waals surface area contributed by atoms with Crippen molar-refractivity contribution in [3.05, 3.63) is 35.9 Å². The van der Waals surface area contributed by atoms with Crippen molar-refractivity contribution in [2.24, 2.45) is 0 Å². The maximum absolute atomic E-state index is 3.20. The van der Waals surface area contributed by atoms with E-state index in [2.05, 4.69) is 44.8 Å². The normalized spacial score (nSPS) is 7.55. The molecule has 0 saturated heterocycles. The van der Waals surface area contributed by atoms with Crippen LogP contribution in [0.2, 0.25) is 0 Å². The van der Waals surface area contributed by atoms with Crippen LogP contribution in [0.4, 0.5) is 0 Å². The molecule has 0 bridgehead atoms. The number of hydrogen-bond acceptors (Lipinski definition) is 0. The topological polar surface area (TPSA) is 0 Å². The van der Waals surface area contributed by atoms with E-state index >= 15 is 0 Å². The minimum absolute atomic E-state index is 0.0417. The van der Waals surface area contributed by atoms with Gasteiger partial charge in [-0.15, -0.1) is 0 Å². The van der Waals surface area contributed by atoms with Crippen LogP contribution in [-0.2, 0) is 6.42 Å². The minimum Gasteiger partial charge on any atom is -0.280 e. The molecule has 57 valence electrons. The highest BCUT2D eigenvalue weighted by Crippen LogP contribution is 1.96. The summed E-state index contributed by atoms with van der Waals surface area (Å²) in [6.07, 6.45) is 1.11. The molecule has 1 radical (unpaired) electrons. The highest BCUT2D eigenvalue weighted by atomic mass is 79.9. The van der Waals surface area contributed by atoms with Gasteiger partial charge >= 0.3 is 16.0 Å². The fraction of sp³-hybridized carbons (Fsp3) is 0.250. The zero-order chi connectivity index (χ0) is 8.53. The zero-order valence-electron chi connectivity index (χ0n) is 6.48. The van der Waals surface area contributed by atoms with Crippen LogP contribution in [0.1, 0.15) is 12.5 Å². The summed E-state index contributed by atoms with van der Waals surface area (Å²) in [5.41, 5.74) is 1.35. The van der Waals surface area contributed by atoms with Crippen molar-refractivity contribution in [1.29, 1.82) is 0 Å². The SMILES string of the molecule is CCc1c[c]ccc1.[Br][Mg][Br]. The van der Waals surface area contributed by atoms with Crippen molar-refractivity contribution in [3.63, 3.8) is 0 Å². The molecule has 0 aliphatic carbocycles. The lowest BCUT2D eigenvalue weighted by molar-refractivity contribution is 1.14. The second-order valence-corrected chi connectivity index (χ2v) is 9.95. The van der Waals surface area contributed by atoms with Crippen molar-refractivity contribution in [3.8, 4) is 0 Å². The van der Waals surface area contributed by atoms with Gasteiger partial charge in [0.05, 0.1) is 0 Å². The van der Waals surface area contributed by atoms with Crippen molar-refractivity contribution in [2.75, 3.05) is 0 Å². The van der Waals surface area contributed by atoms with Gasteiger partial charge < -0.3 is 0 Å². The van der Waals surface area contributed by atoms with Crippen LogP contribution >= 0.6 is 25.8 Å². The molecule has 0 fully saturated rings. The summed E-state index contributed by atoms with van der Waals surface area (Å²) in [6, 6.07) is 11.1. The van der Waals surface area contributed by atoms with E-state index in [0.717, 1.165) is 6.42 Å². The first-order valence-electron chi connectivity index (χ1n) is 3.42. The van der Waals surface area contributed by atoms with E-state index in [1.54, 1.807) is 0 Å². The molecule has 0 unspecified atom stereocenters. The number of aryl methyl sites for hydroxylation is 1. The summed E-state index contributed by atoms with van der Waals surface area (Å²) in [5.74, 6) is 0. The Morgan fingerprint density at radius 1 is 1.55 bits per heavy atom. The molecule has 0 atom stereocenters. The first kappa shape index (κ1) is 11.9. The third kappa shape index (κ3) is 7.31. The quantitative estimate of drug-likeness (QED) is 0.695. The molecular weight excluding hydrogens is 280 g/mol. The van der Waals surface area contributed by atoms with Crippen LogP contribution in [0.3, 0.4) is 0 Å². The summed E-state index contributed by atoms with van der Waals surface area (Å²) < 4.78 is 0. The van der Waals surface area contributed by atoms with Gasteiger partial charge in [-0.05, 0) is 18.1 Å². The summed E-state index contributed by atoms with van der Waals surface area (Å²) >= 11 is 6.44. The highest BCUT2D eigenvalue weighted by molar-refractivity contribution is 9.47. The average Bonchev–Trinajstić information content (AvgIpc) is 2.08. The van der Waals surface area contributed by atoms with Gasteiger partial charge in [-0.25, -0.2) is 0 Å². The first-order valence-corrected chi connectivity index (χ1v) is 11.2. The molecule has 0 heterocycles. The summed E-state index contributed by atoms with van der Waals surface area (Å²) in [6.45, 7) is 2.14. The maximum atomic E-state index is 3.20. The third-order valence-corrected chi connectivity index (χ3v) is 1.18. The van der Waals surface area contributed by atoms with Gasteiger partial charge in [0.1, 0.15) is 0 Å². The Morgan fingerprint density at radius 2 is 2.18 bits per heavy atom. The van der Waals surface area contributed by atoms with Crippen LogP contribution in [-0.4, -0.2) is 16.0 Å². The van der Waals surface area contributed by atoms with E-state index < -0.39 is 0 Å². The Morgan fingerprint density at radius 3 is 2.45 bits per heavy atom. The first-order chi connectivity index (χ1) is 5.35. The third-order valence-electron chi connectivity index (χ3n) is 1.18. The second-order valence-electron chi connectivity index (χ2n) is 1.87. The van der Waals surface area contributed by atoms with Gasteiger partial charge in [0.2, 0.25) is 0 Å². The largest absolute Gasteiger partial charge is 0.560 e. The van der Waals surface area contributed by atoms with Crippen molar-refractivity contribution >= 4 is 41.8 Å². The molecule has 0 aliphatic heterocycles. The molecular formula is C8H9Br2Mg. The number of halogens is 2. The molecule has 3 heteroatoms. The molecule has 0 spiro atoms. The molecule has 1 aromatic rings. The predicted octanol–water partition coefficient (Wildman–Crippen LogP) is 3.36. The fourth-order valence-electron chi connectivity index (χ4n) is 0.650. The van der Waals surface area contributed by atoms with Gasteiger partial charge in [0, 0.05) is 0 Å². The number of benzene rings is 1. The molecule has 0 nitrogen and oxygen atoms in total. The molecule has 0 amide bonds. The summed E-state index contributed by atoms with van der Waals surface area (Å²) in [5, 5.41) is 0. The molecule has 0 saturated carbocycles. The standard InChI is InChI=1S/C8H9.2BrH.Mg/c1-2-8-6-4-3-5-7-8;;;/h3-4,6-7H,2H2,1H3;2*1H;/q;;;+2/p-2. The Hall–Kier alpha value is 0.946. The Labute approximate surface area is 90.2 Å². The number of rotatable bonds is 1. The zero-order valence-corrected chi connectivity index (χ0v) is 11.1. The Bertz CT molecular complexity index is 165. The van der Waals surface area contributed by atoms with E-state index in [9.17, 15) is 0 Å². The van der Waals surface area contributed by atoms with E-state index in [0.29, 0.717) is 0 Å². The predicted molar refractivity (Wildman–Crippen MR) is 58.3 cm³/mol.